The molecule has 1 aromatic heterocycles. The van der Waals surface area contributed by atoms with Crippen LogP contribution in [0.2, 0.25) is 0 Å². The number of anilines is 1. The first-order valence-corrected chi connectivity index (χ1v) is 11.1. The smallest absolute Gasteiger partial charge is 0.324 e. The Hall–Kier alpha value is -3.09. The first kappa shape index (κ1) is 22.6. The molecule has 0 spiro atoms. The molecule has 1 aliphatic heterocycles. The second kappa shape index (κ2) is 12.6. The quantitative estimate of drug-likeness (QED) is 0.265. The van der Waals surface area contributed by atoms with Crippen molar-refractivity contribution in [2.45, 2.75) is 39.0 Å². The van der Waals surface area contributed by atoms with E-state index in [0.29, 0.717) is 6.61 Å². The summed E-state index contributed by atoms with van der Waals surface area (Å²) < 4.78 is 5.80. The summed E-state index contributed by atoms with van der Waals surface area (Å²) >= 11 is 0. The number of aromatic nitrogens is 1. The molecule has 1 aromatic carbocycles. The van der Waals surface area contributed by atoms with Crippen molar-refractivity contribution in [3.63, 3.8) is 0 Å². The van der Waals surface area contributed by atoms with Crippen molar-refractivity contribution in [1.82, 2.24) is 9.88 Å². The van der Waals surface area contributed by atoms with Gasteiger partial charge in [0, 0.05) is 37.7 Å². The van der Waals surface area contributed by atoms with Gasteiger partial charge >= 0.3 is 6.03 Å². The summed E-state index contributed by atoms with van der Waals surface area (Å²) in [5, 5.41) is 3.86. The van der Waals surface area contributed by atoms with E-state index in [2.05, 4.69) is 10.1 Å². The van der Waals surface area contributed by atoms with Crippen molar-refractivity contribution in [1.29, 1.82) is 0 Å². The van der Waals surface area contributed by atoms with Gasteiger partial charge in [-0.3, -0.25) is 9.88 Å². The molecule has 31 heavy (non-hydrogen) atoms. The standard InChI is InChI=1S/C24H32N4O3/c1-2-31-26-20-21-8-10-23(11-9-21)30-19-7-5-3-4-6-16-27-17-18-28(24(27)29)22-12-14-25-15-13-22/h8-15,20H,2-7,16-19H2,1H3/b26-20+. The molecule has 7 heteroatoms. The highest BCUT2D eigenvalue weighted by atomic mass is 16.6. The minimum absolute atomic E-state index is 0.106. The van der Waals surface area contributed by atoms with Crippen LogP contribution in [0.3, 0.4) is 0 Å². The number of rotatable bonds is 13. The van der Waals surface area contributed by atoms with Crippen LogP contribution in [0.4, 0.5) is 10.5 Å². The highest BCUT2D eigenvalue weighted by Gasteiger charge is 2.28. The third kappa shape index (κ3) is 7.27. The second-order valence-corrected chi connectivity index (χ2v) is 7.46. The van der Waals surface area contributed by atoms with Crippen LogP contribution in [0.1, 0.15) is 44.6 Å². The van der Waals surface area contributed by atoms with E-state index in [-0.39, 0.29) is 6.03 Å². The number of hydrogen-bond acceptors (Lipinski definition) is 5. The van der Waals surface area contributed by atoms with Crippen molar-refractivity contribution in [2.75, 3.05) is 37.7 Å². The van der Waals surface area contributed by atoms with Crippen molar-refractivity contribution < 1.29 is 14.4 Å². The zero-order valence-electron chi connectivity index (χ0n) is 18.3. The molecular formula is C24H32N4O3. The van der Waals surface area contributed by atoms with Gasteiger partial charge in [0.15, 0.2) is 0 Å². The van der Waals surface area contributed by atoms with E-state index in [1.54, 1.807) is 18.6 Å². The van der Waals surface area contributed by atoms with Gasteiger partial charge in [-0.15, -0.1) is 0 Å². The summed E-state index contributed by atoms with van der Waals surface area (Å²) in [6.45, 7) is 5.57. The Labute approximate surface area is 184 Å². The molecule has 2 amide bonds. The van der Waals surface area contributed by atoms with Crippen LogP contribution in [0.5, 0.6) is 5.75 Å². The van der Waals surface area contributed by atoms with Crippen molar-refractivity contribution in [2.24, 2.45) is 5.16 Å². The lowest BCUT2D eigenvalue weighted by Gasteiger charge is -2.18. The summed E-state index contributed by atoms with van der Waals surface area (Å²) in [4.78, 5) is 25.3. The zero-order valence-corrected chi connectivity index (χ0v) is 18.3. The van der Waals surface area contributed by atoms with Gasteiger partial charge in [0.1, 0.15) is 12.4 Å². The highest BCUT2D eigenvalue weighted by molar-refractivity contribution is 5.94. The fraction of sp³-hybridized carbons (Fsp3) is 0.458. The molecule has 2 aromatic rings. The maximum absolute atomic E-state index is 12.5. The van der Waals surface area contributed by atoms with E-state index >= 15 is 0 Å². The van der Waals surface area contributed by atoms with Gasteiger partial charge in [-0.05, 0) is 61.7 Å². The number of unbranched alkanes of at least 4 members (excludes halogenated alkanes) is 4. The van der Waals surface area contributed by atoms with Gasteiger partial charge in [-0.25, -0.2) is 4.79 Å². The molecule has 0 radical (unpaired) electrons. The number of benzene rings is 1. The number of pyridine rings is 1. The number of ether oxygens (including phenoxy) is 1. The van der Waals surface area contributed by atoms with Crippen LogP contribution in [0.15, 0.2) is 53.9 Å². The van der Waals surface area contributed by atoms with Gasteiger partial charge in [0.25, 0.3) is 0 Å². The Kier molecular flexibility index (Phi) is 9.16. The summed E-state index contributed by atoms with van der Waals surface area (Å²) in [6.07, 6.45) is 10.6. The van der Waals surface area contributed by atoms with Gasteiger partial charge < -0.3 is 14.5 Å². The Morgan fingerprint density at radius 3 is 2.52 bits per heavy atom. The summed E-state index contributed by atoms with van der Waals surface area (Å²) in [5.74, 6) is 0.875. The van der Waals surface area contributed by atoms with E-state index in [1.807, 2.05) is 53.1 Å². The number of carbonyl (C=O) groups excluding carboxylic acids is 1. The monoisotopic (exact) mass is 424 g/mol. The topological polar surface area (TPSA) is 67.3 Å². The number of carbonyl (C=O) groups is 1. The average molecular weight is 425 g/mol. The molecule has 7 nitrogen and oxygen atoms in total. The largest absolute Gasteiger partial charge is 0.494 e. The van der Waals surface area contributed by atoms with Crippen LogP contribution in [-0.2, 0) is 4.84 Å². The summed E-state index contributed by atoms with van der Waals surface area (Å²) in [6, 6.07) is 11.7. The number of amides is 2. The van der Waals surface area contributed by atoms with Gasteiger partial charge in [-0.2, -0.15) is 0 Å². The van der Waals surface area contributed by atoms with Gasteiger partial charge in [0.05, 0.1) is 12.8 Å². The number of hydrogen-bond donors (Lipinski definition) is 0. The van der Waals surface area contributed by atoms with Gasteiger partial charge in [0.2, 0.25) is 0 Å². The highest BCUT2D eigenvalue weighted by Crippen LogP contribution is 2.19. The number of oxime groups is 1. The lowest BCUT2D eigenvalue weighted by molar-refractivity contribution is 0.160. The molecule has 0 aliphatic carbocycles. The van der Waals surface area contributed by atoms with Gasteiger partial charge in [-0.1, -0.05) is 24.4 Å². The number of nitrogens with zero attached hydrogens (tertiary/aromatic N) is 4. The fourth-order valence-corrected chi connectivity index (χ4v) is 3.50. The second-order valence-electron chi connectivity index (χ2n) is 7.46. The lowest BCUT2D eigenvalue weighted by atomic mass is 10.1. The molecule has 1 saturated heterocycles. The molecule has 0 atom stereocenters. The Morgan fingerprint density at radius 1 is 1.00 bits per heavy atom. The summed E-state index contributed by atoms with van der Waals surface area (Å²) in [7, 11) is 0. The van der Waals surface area contributed by atoms with Crippen molar-refractivity contribution >= 4 is 17.9 Å². The molecule has 0 bridgehead atoms. The van der Waals surface area contributed by atoms with E-state index in [9.17, 15) is 4.79 Å². The van der Waals surface area contributed by atoms with E-state index in [0.717, 1.165) is 75.3 Å². The molecule has 0 N–H and O–H groups in total. The Morgan fingerprint density at radius 2 is 1.74 bits per heavy atom. The van der Waals surface area contributed by atoms with Crippen LogP contribution >= 0.6 is 0 Å². The van der Waals surface area contributed by atoms with Crippen molar-refractivity contribution in [3.05, 3.63) is 54.4 Å². The van der Waals surface area contributed by atoms with E-state index in [1.165, 1.54) is 0 Å². The molecule has 1 fully saturated rings. The first-order valence-electron chi connectivity index (χ1n) is 11.1. The normalized spacial score (nSPS) is 13.9. The number of urea groups is 1. The van der Waals surface area contributed by atoms with Crippen LogP contribution in [0, 0.1) is 0 Å². The maximum Gasteiger partial charge on any atom is 0.324 e. The third-order valence-electron chi connectivity index (χ3n) is 5.20. The molecule has 166 valence electrons. The molecule has 1 aliphatic rings. The molecule has 3 rings (SSSR count). The third-order valence-corrected chi connectivity index (χ3v) is 5.20. The molecule has 0 saturated carbocycles. The fourth-order valence-electron chi connectivity index (χ4n) is 3.50. The molecular weight excluding hydrogens is 392 g/mol. The summed E-state index contributed by atoms with van der Waals surface area (Å²) in [5.41, 5.74) is 1.91. The van der Waals surface area contributed by atoms with Crippen LogP contribution < -0.4 is 9.64 Å². The predicted octanol–water partition coefficient (Wildman–Crippen LogP) is 4.72. The lowest BCUT2D eigenvalue weighted by Crippen LogP contribution is -2.32. The molecule has 0 unspecified atom stereocenters. The Balaban J connectivity index is 1.23. The van der Waals surface area contributed by atoms with Crippen LogP contribution in [-0.4, -0.2) is 55.0 Å². The predicted molar refractivity (Wildman–Crippen MR) is 123 cm³/mol. The molecule has 2 heterocycles. The van der Waals surface area contributed by atoms with E-state index < -0.39 is 0 Å². The zero-order chi connectivity index (χ0) is 21.7. The minimum atomic E-state index is 0.106. The van der Waals surface area contributed by atoms with Crippen LogP contribution in [0.25, 0.3) is 0 Å². The average Bonchev–Trinajstić information content (AvgIpc) is 3.17. The van der Waals surface area contributed by atoms with E-state index in [4.69, 9.17) is 9.57 Å². The maximum atomic E-state index is 12.5. The van der Waals surface area contributed by atoms with Crippen molar-refractivity contribution in [3.8, 4) is 5.75 Å². The first-order chi connectivity index (χ1) is 15.3. The Bertz CT molecular complexity index is 811. The SMILES string of the molecule is CCO/N=C/c1ccc(OCCCCCCCN2CCN(c3ccncc3)C2=O)cc1. The minimum Gasteiger partial charge on any atom is -0.494 e.